The van der Waals surface area contributed by atoms with Crippen molar-refractivity contribution in [3.8, 4) is 0 Å². The van der Waals surface area contributed by atoms with Crippen LogP contribution < -0.4 is 10.6 Å². The molecule has 0 saturated carbocycles. The van der Waals surface area contributed by atoms with Gasteiger partial charge in [-0.25, -0.2) is 0 Å². The van der Waals surface area contributed by atoms with Gasteiger partial charge >= 0.3 is 0 Å². The van der Waals surface area contributed by atoms with Crippen LogP contribution >= 0.6 is 11.6 Å². The van der Waals surface area contributed by atoms with Crippen molar-refractivity contribution >= 4 is 34.8 Å². The second-order valence-electron chi connectivity index (χ2n) is 6.75. The summed E-state index contributed by atoms with van der Waals surface area (Å²) >= 11 is 6.16. The van der Waals surface area contributed by atoms with Crippen molar-refractivity contribution in [1.82, 2.24) is 4.90 Å². The number of carbonyl (C=O) groups is 2. The Kier molecular flexibility index (Phi) is 6.35. The van der Waals surface area contributed by atoms with Crippen LogP contribution in [0.1, 0.15) is 37.8 Å². The van der Waals surface area contributed by atoms with Crippen molar-refractivity contribution in [3.05, 3.63) is 59.1 Å². The van der Waals surface area contributed by atoms with Crippen molar-refractivity contribution < 1.29 is 9.59 Å². The minimum atomic E-state index is -0.490. The molecule has 1 unspecified atom stereocenters. The van der Waals surface area contributed by atoms with Gasteiger partial charge in [-0.15, -0.1) is 0 Å². The van der Waals surface area contributed by atoms with E-state index in [0.29, 0.717) is 10.7 Å². The molecule has 1 heterocycles. The van der Waals surface area contributed by atoms with Crippen LogP contribution in [0.2, 0.25) is 5.02 Å². The van der Waals surface area contributed by atoms with E-state index >= 15 is 0 Å². The van der Waals surface area contributed by atoms with Crippen molar-refractivity contribution in [3.63, 3.8) is 0 Å². The molecule has 2 amide bonds. The largest absolute Gasteiger partial charge is 0.370 e. The van der Waals surface area contributed by atoms with E-state index in [1.54, 1.807) is 12.1 Å². The van der Waals surface area contributed by atoms with E-state index in [-0.39, 0.29) is 11.8 Å². The lowest BCUT2D eigenvalue weighted by molar-refractivity contribution is -0.133. The molecule has 1 fully saturated rings. The third-order valence-electron chi connectivity index (χ3n) is 4.64. The third kappa shape index (κ3) is 5.01. The molecule has 2 aromatic rings. The molecule has 1 saturated heterocycles. The van der Waals surface area contributed by atoms with Crippen LogP contribution in [0.4, 0.5) is 11.4 Å². The average Bonchev–Trinajstić information content (AvgIpc) is 2.69. The number of hydrogen-bond acceptors (Lipinski definition) is 3. The Morgan fingerprint density at radius 3 is 2.41 bits per heavy atom. The number of likely N-dealkylation sites (tertiary alicyclic amines) is 1. The fourth-order valence-corrected chi connectivity index (χ4v) is 3.46. The molecule has 0 spiro atoms. The number of anilines is 2. The number of amides is 2. The van der Waals surface area contributed by atoms with Gasteiger partial charge in [-0.05, 0) is 43.0 Å². The standard InChI is InChI=1S/C21H24ClN3O2/c1-15(26)23-19-14-17(10-11-18(19)22)24-20(16-8-4-2-5-9-16)21(27)25-12-6-3-7-13-25/h2,4-5,8-11,14,20,24H,3,6-7,12-13H2,1H3,(H,23,26). The summed E-state index contributed by atoms with van der Waals surface area (Å²) in [4.78, 5) is 26.5. The van der Waals surface area contributed by atoms with Crippen LogP contribution in [0.15, 0.2) is 48.5 Å². The first-order chi connectivity index (χ1) is 13.0. The average molecular weight is 386 g/mol. The van der Waals surface area contributed by atoms with Crippen LogP contribution in [0, 0.1) is 0 Å². The van der Waals surface area contributed by atoms with Gasteiger partial charge in [-0.3, -0.25) is 9.59 Å². The first-order valence-electron chi connectivity index (χ1n) is 9.22. The highest BCUT2D eigenvalue weighted by atomic mass is 35.5. The van der Waals surface area contributed by atoms with Gasteiger partial charge in [0.2, 0.25) is 11.8 Å². The van der Waals surface area contributed by atoms with E-state index in [1.807, 2.05) is 41.3 Å². The van der Waals surface area contributed by atoms with Crippen molar-refractivity contribution in [2.24, 2.45) is 0 Å². The number of nitrogens with one attached hydrogen (secondary N) is 2. The highest BCUT2D eigenvalue weighted by Gasteiger charge is 2.27. The minimum Gasteiger partial charge on any atom is -0.370 e. The summed E-state index contributed by atoms with van der Waals surface area (Å²) in [6, 6.07) is 14.5. The molecular formula is C21H24ClN3O2. The van der Waals surface area contributed by atoms with Gasteiger partial charge in [-0.1, -0.05) is 41.9 Å². The summed E-state index contributed by atoms with van der Waals surface area (Å²) in [5.74, 6) is -0.130. The second kappa shape index (κ2) is 8.91. The van der Waals surface area contributed by atoms with E-state index in [2.05, 4.69) is 10.6 Å². The third-order valence-corrected chi connectivity index (χ3v) is 4.97. The lowest BCUT2D eigenvalue weighted by Crippen LogP contribution is -2.41. The normalized spacial score (nSPS) is 15.1. The molecule has 5 nitrogen and oxygen atoms in total. The number of carbonyl (C=O) groups excluding carboxylic acids is 2. The van der Waals surface area contributed by atoms with Gasteiger partial charge in [0, 0.05) is 25.7 Å². The molecular weight excluding hydrogens is 362 g/mol. The van der Waals surface area contributed by atoms with E-state index in [0.717, 1.165) is 37.2 Å². The van der Waals surface area contributed by atoms with E-state index in [1.165, 1.54) is 13.3 Å². The summed E-state index contributed by atoms with van der Waals surface area (Å²) in [5.41, 5.74) is 2.15. The number of hydrogen-bond donors (Lipinski definition) is 2. The molecule has 2 N–H and O–H groups in total. The summed E-state index contributed by atoms with van der Waals surface area (Å²) < 4.78 is 0. The van der Waals surface area contributed by atoms with Crippen molar-refractivity contribution in [1.29, 1.82) is 0 Å². The summed E-state index contributed by atoms with van der Waals surface area (Å²) in [5, 5.41) is 6.50. The highest BCUT2D eigenvalue weighted by molar-refractivity contribution is 6.33. The zero-order valence-electron chi connectivity index (χ0n) is 15.4. The molecule has 1 aliphatic rings. The predicted molar refractivity (Wildman–Crippen MR) is 109 cm³/mol. The van der Waals surface area contributed by atoms with Crippen molar-refractivity contribution in [2.75, 3.05) is 23.7 Å². The molecule has 6 heteroatoms. The van der Waals surface area contributed by atoms with Gasteiger partial charge in [0.1, 0.15) is 6.04 Å². The topological polar surface area (TPSA) is 61.4 Å². The number of halogens is 1. The van der Waals surface area contributed by atoms with E-state index in [4.69, 9.17) is 11.6 Å². The van der Waals surface area contributed by atoms with E-state index < -0.39 is 6.04 Å². The van der Waals surface area contributed by atoms with Crippen LogP contribution in [0.3, 0.4) is 0 Å². The monoisotopic (exact) mass is 385 g/mol. The first kappa shape index (κ1) is 19.2. The Labute approximate surface area is 164 Å². The number of nitrogens with zero attached hydrogens (tertiary/aromatic N) is 1. The molecule has 0 bridgehead atoms. The molecule has 27 heavy (non-hydrogen) atoms. The zero-order valence-corrected chi connectivity index (χ0v) is 16.1. The Balaban J connectivity index is 1.87. The van der Waals surface area contributed by atoms with Gasteiger partial charge in [-0.2, -0.15) is 0 Å². The number of piperidine rings is 1. The highest BCUT2D eigenvalue weighted by Crippen LogP contribution is 2.29. The molecule has 0 aliphatic carbocycles. The van der Waals surface area contributed by atoms with Gasteiger partial charge < -0.3 is 15.5 Å². The maximum atomic E-state index is 13.2. The van der Waals surface area contributed by atoms with Gasteiger partial charge in [0.15, 0.2) is 0 Å². The van der Waals surface area contributed by atoms with E-state index in [9.17, 15) is 9.59 Å². The van der Waals surface area contributed by atoms with Gasteiger partial charge in [0.25, 0.3) is 0 Å². The minimum absolute atomic E-state index is 0.0666. The quantitative estimate of drug-likeness (QED) is 0.798. The summed E-state index contributed by atoms with van der Waals surface area (Å²) in [6.07, 6.45) is 3.26. The van der Waals surface area contributed by atoms with Crippen LogP contribution in [-0.2, 0) is 9.59 Å². The van der Waals surface area contributed by atoms with Crippen molar-refractivity contribution in [2.45, 2.75) is 32.2 Å². The summed E-state index contributed by atoms with van der Waals surface area (Å²) in [6.45, 7) is 3.02. The SMILES string of the molecule is CC(=O)Nc1cc(NC(C(=O)N2CCCCC2)c2ccccc2)ccc1Cl. The maximum Gasteiger partial charge on any atom is 0.249 e. The predicted octanol–water partition coefficient (Wildman–Crippen LogP) is 4.46. The fourth-order valence-electron chi connectivity index (χ4n) is 3.30. The molecule has 1 atom stereocenters. The van der Waals surface area contributed by atoms with Crippen LogP contribution in [0.5, 0.6) is 0 Å². The Morgan fingerprint density at radius 1 is 1.04 bits per heavy atom. The first-order valence-corrected chi connectivity index (χ1v) is 9.60. The fraction of sp³-hybridized carbons (Fsp3) is 0.333. The molecule has 3 rings (SSSR count). The Morgan fingerprint density at radius 2 is 1.74 bits per heavy atom. The Hall–Kier alpha value is -2.53. The Bertz CT molecular complexity index is 804. The molecule has 0 aromatic heterocycles. The number of rotatable bonds is 5. The number of benzene rings is 2. The van der Waals surface area contributed by atoms with Crippen LogP contribution in [0.25, 0.3) is 0 Å². The molecule has 0 radical (unpaired) electrons. The molecule has 1 aliphatic heterocycles. The second-order valence-corrected chi connectivity index (χ2v) is 7.16. The molecule has 142 valence electrons. The van der Waals surface area contributed by atoms with Gasteiger partial charge in [0.05, 0.1) is 10.7 Å². The zero-order chi connectivity index (χ0) is 19.2. The lowest BCUT2D eigenvalue weighted by Gasteiger charge is -2.31. The summed E-state index contributed by atoms with van der Waals surface area (Å²) in [7, 11) is 0. The smallest absolute Gasteiger partial charge is 0.249 e. The maximum absolute atomic E-state index is 13.2. The van der Waals surface area contributed by atoms with Crippen LogP contribution in [-0.4, -0.2) is 29.8 Å². The molecule has 2 aromatic carbocycles. The lowest BCUT2D eigenvalue weighted by atomic mass is 10.0.